The first-order valence-corrected chi connectivity index (χ1v) is 12.0. The minimum Gasteiger partial charge on any atom is -0.382 e. The van der Waals surface area contributed by atoms with Crippen LogP contribution in [0.4, 0.5) is 0 Å². The predicted molar refractivity (Wildman–Crippen MR) is 128 cm³/mol. The number of hydrogen-bond acceptors (Lipinski definition) is 4. The largest absolute Gasteiger partial charge is 0.382 e. The summed E-state index contributed by atoms with van der Waals surface area (Å²) in [4.78, 5) is 12.8. The van der Waals surface area contributed by atoms with Crippen molar-refractivity contribution in [2.24, 2.45) is 5.92 Å². The van der Waals surface area contributed by atoms with Crippen LogP contribution in [0.2, 0.25) is 0 Å². The van der Waals surface area contributed by atoms with E-state index < -0.39 is 0 Å². The van der Waals surface area contributed by atoms with E-state index >= 15 is 0 Å². The molecular weight excluding hydrogens is 396 g/mol. The van der Waals surface area contributed by atoms with Crippen LogP contribution in [0.1, 0.15) is 62.8 Å². The fourth-order valence-corrected chi connectivity index (χ4v) is 5.19. The zero-order valence-corrected chi connectivity index (χ0v) is 18.5. The van der Waals surface area contributed by atoms with E-state index in [9.17, 15) is 0 Å². The summed E-state index contributed by atoms with van der Waals surface area (Å²) in [5, 5.41) is 9.27. The first-order chi connectivity index (χ1) is 15.7. The van der Waals surface area contributed by atoms with Crippen LogP contribution in [0.15, 0.2) is 43.5 Å². The summed E-state index contributed by atoms with van der Waals surface area (Å²) >= 11 is 0. The molecule has 0 atom stereocenters. The summed E-state index contributed by atoms with van der Waals surface area (Å²) in [6.45, 7) is 4.34. The molecule has 0 radical (unpaired) electrons. The third-order valence-corrected chi connectivity index (χ3v) is 7.32. The second kappa shape index (κ2) is 8.08. The lowest BCUT2D eigenvalue weighted by Crippen LogP contribution is -2.29. The van der Waals surface area contributed by atoms with Crippen LogP contribution < -0.4 is 5.32 Å². The zero-order chi connectivity index (χ0) is 21.5. The van der Waals surface area contributed by atoms with Gasteiger partial charge in [-0.25, -0.2) is 14.5 Å². The number of rotatable bonds is 6. The van der Waals surface area contributed by atoms with E-state index in [1.807, 2.05) is 29.3 Å². The third kappa shape index (κ3) is 3.57. The Bertz CT molecular complexity index is 1270. The monoisotopic (exact) mass is 426 g/mol. The molecular formula is C26H30N6. The van der Waals surface area contributed by atoms with Gasteiger partial charge in [-0.2, -0.15) is 5.10 Å². The Hall–Kier alpha value is -3.15. The lowest BCUT2D eigenvalue weighted by Gasteiger charge is -2.24. The molecule has 4 heterocycles. The molecule has 2 aliphatic rings. The summed E-state index contributed by atoms with van der Waals surface area (Å²) < 4.78 is 1.93. The maximum atomic E-state index is 4.80. The molecule has 0 bridgehead atoms. The van der Waals surface area contributed by atoms with Crippen LogP contribution in [0.5, 0.6) is 0 Å². The lowest BCUT2D eigenvalue weighted by molar-refractivity contribution is 0.309. The molecule has 4 aromatic heterocycles. The van der Waals surface area contributed by atoms with Crippen LogP contribution in [0.25, 0.3) is 33.4 Å². The third-order valence-electron chi connectivity index (χ3n) is 7.32. The standard InChI is InChI=1S/C26H30N6/c1-17(30-20-8-3-2-4-9-20)21-16-29-32-11-10-19(13-24(21)32)22-14-28-26-23(22)15-27-25(31-26)12-18-6-5-7-18/h10-11,13-16,18,20,30H,1-9,12H2,(H,27,28,31). The topological polar surface area (TPSA) is 70.9 Å². The molecule has 6 nitrogen and oxygen atoms in total. The van der Waals surface area contributed by atoms with Gasteiger partial charge >= 0.3 is 0 Å². The van der Waals surface area contributed by atoms with Gasteiger partial charge in [0.1, 0.15) is 11.5 Å². The molecule has 0 saturated heterocycles. The summed E-state index contributed by atoms with van der Waals surface area (Å²) in [6, 6.07) is 4.82. The van der Waals surface area contributed by atoms with Crippen LogP contribution in [-0.2, 0) is 6.42 Å². The predicted octanol–water partition coefficient (Wildman–Crippen LogP) is 5.51. The maximum absolute atomic E-state index is 4.80. The molecule has 2 fully saturated rings. The van der Waals surface area contributed by atoms with Gasteiger partial charge in [-0.05, 0) is 36.5 Å². The Labute approximate surface area is 188 Å². The minimum absolute atomic E-state index is 0.522. The number of nitrogens with zero attached hydrogens (tertiary/aromatic N) is 4. The molecule has 2 N–H and O–H groups in total. The number of H-pyrrole nitrogens is 1. The van der Waals surface area contributed by atoms with Crippen molar-refractivity contribution in [3.63, 3.8) is 0 Å². The van der Waals surface area contributed by atoms with E-state index in [1.54, 1.807) is 0 Å². The van der Waals surface area contributed by atoms with E-state index in [0.717, 1.165) is 57.1 Å². The van der Waals surface area contributed by atoms with Crippen molar-refractivity contribution in [3.8, 4) is 11.1 Å². The normalized spacial score (nSPS) is 17.6. The average molecular weight is 427 g/mol. The van der Waals surface area contributed by atoms with Crippen molar-refractivity contribution in [1.29, 1.82) is 0 Å². The van der Waals surface area contributed by atoms with Crippen LogP contribution in [0, 0.1) is 5.92 Å². The highest BCUT2D eigenvalue weighted by Crippen LogP contribution is 2.32. The quantitative estimate of drug-likeness (QED) is 0.427. The molecule has 6 rings (SSSR count). The second-order valence-corrected chi connectivity index (χ2v) is 9.51. The molecule has 0 aromatic carbocycles. The average Bonchev–Trinajstić information content (AvgIpc) is 3.40. The van der Waals surface area contributed by atoms with Gasteiger partial charge in [-0.3, -0.25) is 0 Å². The van der Waals surface area contributed by atoms with Crippen molar-refractivity contribution in [3.05, 3.63) is 54.9 Å². The number of aromatic amines is 1. The molecule has 0 spiro atoms. The first-order valence-electron chi connectivity index (χ1n) is 12.0. The van der Waals surface area contributed by atoms with Crippen molar-refractivity contribution < 1.29 is 0 Å². The van der Waals surface area contributed by atoms with Gasteiger partial charge in [0, 0.05) is 53.3 Å². The first kappa shape index (κ1) is 19.5. The van der Waals surface area contributed by atoms with Crippen LogP contribution in [-0.4, -0.2) is 30.6 Å². The smallest absolute Gasteiger partial charge is 0.141 e. The Morgan fingerprint density at radius 3 is 2.81 bits per heavy atom. The molecule has 164 valence electrons. The number of aromatic nitrogens is 5. The summed E-state index contributed by atoms with van der Waals surface area (Å²) in [5.74, 6) is 1.72. The molecule has 6 heteroatoms. The number of fused-ring (bicyclic) bond motifs is 2. The molecule has 4 aromatic rings. The molecule has 2 aliphatic carbocycles. The Morgan fingerprint density at radius 2 is 2.00 bits per heavy atom. The van der Waals surface area contributed by atoms with E-state index in [-0.39, 0.29) is 0 Å². The van der Waals surface area contributed by atoms with Gasteiger partial charge in [0.15, 0.2) is 0 Å². The van der Waals surface area contributed by atoms with E-state index in [1.165, 1.54) is 51.4 Å². The molecule has 2 saturated carbocycles. The van der Waals surface area contributed by atoms with Crippen LogP contribution in [0.3, 0.4) is 0 Å². The molecule has 0 unspecified atom stereocenters. The van der Waals surface area contributed by atoms with Gasteiger partial charge < -0.3 is 10.3 Å². The Morgan fingerprint density at radius 1 is 1.12 bits per heavy atom. The summed E-state index contributed by atoms with van der Waals surface area (Å²) in [7, 11) is 0. The molecule has 32 heavy (non-hydrogen) atoms. The van der Waals surface area contributed by atoms with E-state index in [0.29, 0.717) is 6.04 Å². The van der Waals surface area contributed by atoms with Gasteiger partial charge in [0.2, 0.25) is 0 Å². The highest BCUT2D eigenvalue weighted by atomic mass is 15.2. The Balaban J connectivity index is 1.30. The highest BCUT2D eigenvalue weighted by Gasteiger charge is 2.20. The number of pyridine rings is 1. The fraction of sp³-hybridized carbons (Fsp3) is 0.423. The lowest BCUT2D eigenvalue weighted by atomic mass is 9.83. The number of nitrogens with one attached hydrogen (secondary N) is 2. The van der Waals surface area contributed by atoms with Crippen molar-refractivity contribution in [1.82, 2.24) is 29.9 Å². The minimum atomic E-state index is 0.522. The van der Waals surface area contributed by atoms with E-state index in [2.05, 4.69) is 39.1 Å². The van der Waals surface area contributed by atoms with Gasteiger partial charge in [-0.1, -0.05) is 45.1 Å². The summed E-state index contributed by atoms with van der Waals surface area (Å²) in [6.07, 6.45) is 19.3. The SMILES string of the molecule is C=C(NC1CCCCC1)c1cnn2ccc(-c3c[nH]c4nc(CC5CCC5)ncc34)cc12. The van der Waals surface area contributed by atoms with Crippen molar-refractivity contribution in [2.45, 2.75) is 63.8 Å². The van der Waals surface area contributed by atoms with Gasteiger partial charge in [-0.15, -0.1) is 0 Å². The zero-order valence-electron chi connectivity index (χ0n) is 18.5. The molecule has 0 aliphatic heterocycles. The summed E-state index contributed by atoms with van der Waals surface area (Å²) in [5.41, 5.74) is 6.26. The fourth-order valence-electron chi connectivity index (χ4n) is 5.19. The van der Waals surface area contributed by atoms with Crippen molar-refractivity contribution in [2.75, 3.05) is 0 Å². The van der Waals surface area contributed by atoms with E-state index in [4.69, 9.17) is 4.98 Å². The number of hydrogen-bond donors (Lipinski definition) is 2. The van der Waals surface area contributed by atoms with Crippen molar-refractivity contribution >= 4 is 22.2 Å². The highest BCUT2D eigenvalue weighted by molar-refractivity contribution is 5.94. The second-order valence-electron chi connectivity index (χ2n) is 9.51. The van der Waals surface area contributed by atoms with Gasteiger partial charge in [0.05, 0.1) is 11.7 Å². The van der Waals surface area contributed by atoms with Crippen LogP contribution >= 0.6 is 0 Å². The maximum Gasteiger partial charge on any atom is 0.141 e. The van der Waals surface area contributed by atoms with Gasteiger partial charge in [0.25, 0.3) is 0 Å². The Kier molecular flexibility index (Phi) is 4.93. The molecule has 0 amide bonds.